The van der Waals surface area contributed by atoms with Crippen molar-refractivity contribution in [2.45, 2.75) is 19.4 Å². The summed E-state index contributed by atoms with van der Waals surface area (Å²) in [5.74, 6) is 0. The minimum Gasteiger partial charge on any atom is -0.447 e. The van der Waals surface area contributed by atoms with Crippen LogP contribution in [0.25, 0.3) is 0 Å². The third-order valence-corrected chi connectivity index (χ3v) is 1.90. The molecule has 1 aromatic carbocycles. The lowest BCUT2D eigenvalue weighted by atomic mass is 10.1. The summed E-state index contributed by atoms with van der Waals surface area (Å²) in [5.41, 5.74) is 5.42. The molecular formula is C11H15N3O4. The Labute approximate surface area is 104 Å². The maximum Gasteiger partial charge on any atom is 0.411 e. The van der Waals surface area contributed by atoms with E-state index in [1.54, 1.807) is 13.8 Å². The van der Waals surface area contributed by atoms with Gasteiger partial charge in [0.05, 0.1) is 4.92 Å². The number of carbonyl (C=O) groups is 1. The van der Waals surface area contributed by atoms with Crippen LogP contribution in [0.15, 0.2) is 24.3 Å². The fraction of sp³-hybridized carbons (Fsp3) is 0.364. The van der Waals surface area contributed by atoms with E-state index >= 15 is 0 Å². The number of non-ortho nitro benzene ring substituents is 1. The molecule has 1 rings (SSSR count). The lowest BCUT2D eigenvalue weighted by Crippen LogP contribution is -2.38. The van der Waals surface area contributed by atoms with Gasteiger partial charge < -0.3 is 10.5 Å². The number of nitrogens with one attached hydrogen (secondary N) is 1. The van der Waals surface area contributed by atoms with Gasteiger partial charge in [-0.3, -0.25) is 15.4 Å². The van der Waals surface area contributed by atoms with E-state index in [-0.39, 0.29) is 12.3 Å². The monoisotopic (exact) mass is 253 g/mol. The molecule has 0 heterocycles. The quantitative estimate of drug-likeness (QED) is 0.629. The Bertz CT molecular complexity index is 437. The number of hydrogen-bond donors (Lipinski definition) is 2. The molecule has 0 aromatic heterocycles. The first-order valence-corrected chi connectivity index (χ1v) is 5.25. The minimum atomic E-state index is -0.651. The smallest absolute Gasteiger partial charge is 0.411 e. The van der Waals surface area contributed by atoms with Gasteiger partial charge in [0.15, 0.2) is 0 Å². The van der Waals surface area contributed by atoms with Crippen molar-refractivity contribution in [1.82, 2.24) is 0 Å². The Hall–Kier alpha value is -2.15. The topological polar surface area (TPSA) is 107 Å². The van der Waals surface area contributed by atoms with Gasteiger partial charge in [0.1, 0.15) is 6.61 Å². The summed E-state index contributed by atoms with van der Waals surface area (Å²) in [6, 6.07) is 5.44. The van der Waals surface area contributed by atoms with Gasteiger partial charge in [-0.1, -0.05) is 0 Å². The number of hydrogen-bond acceptors (Lipinski definition) is 5. The number of ether oxygens (including phenoxy) is 1. The predicted octanol–water partition coefficient (Wildman–Crippen LogP) is 1.88. The number of anilines is 1. The number of nitrogens with zero attached hydrogens (tertiary/aromatic N) is 1. The molecule has 98 valence electrons. The molecule has 0 spiro atoms. The van der Waals surface area contributed by atoms with E-state index < -0.39 is 16.6 Å². The number of nitro groups is 1. The first-order valence-electron chi connectivity index (χ1n) is 5.25. The normalized spacial score (nSPS) is 10.8. The highest BCUT2D eigenvalue weighted by molar-refractivity contribution is 5.84. The second-order valence-corrected chi connectivity index (χ2v) is 4.49. The fourth-order valence-corrected chi connectivity index (χ4v) is 1.07. The first kappa shape index (κ1) is 13.9. The van der Waals surface area contributed by atoms with Gasteiger partial charge in [-0.15, -0.1) is 0 Å². The van der Waals surface area contributed by atoms with Crippen molar-refractivity contribution in [3.05, 3.63) is 34.4 Å². The zero-order valence-electron chi connectivity index (χ0n) is 10.2. The highest BCUT2D eigenvalue weighted by Gasteiger charge is 2.14. The maximum atomic E-state index is 11.4. The summed E-state index contributed by atoms with van der Waals surface area (Å²) in [5, 5.41) is 12.9. The molecular weight excluding hydrogens is 238 g/mol. The van der Waals surface area contributed by atoms with Crippen LogP contribution < -0.4 is 11.1 Å². The molecule has 0 aliphatic heterocycles. The van der Waals surface area contributed by atoms with Gasteiger partial charge in [0, 0.05) is 23.4 Å². The molecule has 0 atom stereocenters. The maximum absolute atomic E-state index is 11.4. The number of rotatable bonds is 4. The van der Waals surface area contributed by atoms with Gasteiger partial charge in [0.2, 0.25) is 0 Å². The van der Waals surface area contributed by atoms with Crippen molar-refractivity contribution in [3.63, 3.8) is 0 Å². The molecule has 7 heteroatoms. The molecule has 18 heavy (non-hydrogen) atoms. The standard InChI is InChI=1S/C11H15N3O4/c1-11(2,12)7-18-10(15)13-8-3-5-9(6-4-8)14(16)17/h3-6H,7,12H2,1-2H3,(H,13,15). The molecule has 0 aliphatic rings. The summed E-state index contributed by atoms with van der Waals surface area (Å²) in [7, 11) is 0. The van der Waals surface area contributed by atoms with E-state index in [1.165, 1.54) is 24.3 Å². The summed E-state index contributed by atoms with van der Waals surface area (Å²) in [6.07, 6.45) is -0.651. The molecule has 0 radical (unpaired) electrons. The molecule has 1 aromatic rings. The van der Waals surface area contributed by atoms with Crippen LogP contribution in [0.3, 0.4) is 0 Å². The molecule has 1 amide bonds. The average Bonchev–Trinajstić information content (AvgIpc) is 2.26. The van der Waals surface area contributed by atoms with Crippen molar-refractivity contribution in [2.75, 3.05) is 11.9 Å². The van der Waals surface area contributed by atoms with Crippen LogP contribution in [0.5, 0.6) is 0 Å². The second kappa shape index (κ2) is 5.46. The van der Waals surface area contributed by atoms with Crippen LogP contribution in [-0.2, 0) is 4.74 Å². The third kappa shape index (κ3) is 4.79. The van der Waals surface area contributed by atoms with Gasteiger partial charge in [-0.05, 0) is 26.0 Å². The predicted molar refractivity (Wildman–Crippen MR) is 66.3 cm³/mol. The largest absolute Gasteiger partial charge is 0.447 e. The summed E-state index contributed by atoms with van der Waals surface area (Å²) in [4.78, 5) is 21.3. The minimum absolute atomic E-state index is 0.0444. The van der Waals surface area contributed by atoms with Crippen molar-refractivity contribution >= 4 is 17.5 Å². The molecule has 0 aliphatic carbocycles. The van der Waals surface area contributed by atoms with Gasteiger partial charge >= 0.3 is 6.09 Å². The highest BCUT2D eigenvalue weighted by atomic mass is 16.6. The number of benzene rings is 1. The van der Waals surface area contributed by atoms with Gasteiger partial charge in [0.25, 0.3) is 5.69 Å². The lowest BCUT2D eigenvalue weighted by Gasteiger charge is -2.18. The number of carbonyl (C=O) groups excluding carboxylic acids is 1. The van der Waals surface area contributed by atoms with Crippen molar-refractivity contribution < 1.29 is 14.5 Å². The second-order valence-electron chi connectivity index (χ2n) is 4.49. The summed E-state index contributed by atoms with van der Waals surface area (Å²) >= 11 is 0. The zero-order chi connectivity index (χ0) is 13.8. The fourth-order valence-electron chi connectivity index (χ4n) is 1.07. The molecule has 7 nitrogen and oxygen atoms in total. The number of nitrogens with two attached hydrogens (primary N) is 1. The van der Waals surface area contributed by atoms with Crippen molar-refractivity contribution in [3.8, 4) is 0 Å². The van der Waals surface area contributed by atoms with E-state index in [0.29, 0.717) is 5.69 Å². The molecule has 0 bridgehead atoms. The van der Waals surface area contributed by atoms with Crippen LogP contribution in [0.1, 0.15) is 13.8 Å². The van der Waals surface area contributed by atoms with E-state index in [2.05, 4.69) is 5.32 Å². The summed E-state index contributed by atoms with van der Waals surface area (Å²) < 4.78 is 4.88. The van der Waals surface area contributed by atoms with Crippen molar-refractivity contribution in [1.29, 1.82) is 0 Å². The lowest BCUT2D eigenvalue weighted by molar-refractivity contribution is -0.384. The SMILES string of the molecule is CC(C)(N)COC(=O)Nc1ccc([N+](=O)[O-])cc1. The van der Waals surface area contributed by atoms with Crippen LogP contribution >= 0.6 is 0 Å². The van der Waals surface area contributed by atoms with Crippen LogP contribution in [0, 0.1) is 10.1 Å². The Balaban J connectivity index is 2.52. The highest BCUT2D eigenvalue weighted by Crippen LogP contribution is 2.15. The first-order chi connectivity index (χ1) is 8.28. The van der Waals surface area contributed by atoms with E-state index in [1.807, 2.05) is 0 Å². The van der Waals surface area contributed by atoms with Gasteiger partial charge in [-0.25, -0.2) is 4.79 Å². The number of nitro benzene ring substituents is 1. The van der Waals surface area contributed by atoms with E-state index in [9.17, 15) is 14.9 Å². The molecule has 0 unspecified atom stereocenters. The molecule has 3 N–H and O–H groups in total. The Kier molecular flexibility index (Phi) is 4.22. The number of amides is 1. The molecule has 0 saturated carbocycles. The van der Waals surface area contributed by atoms with E-state index in [4.69, 9.17) is 10.5 Å². The molecule has 0 fully saturated rings. The Morgan fingerprint density at radius 1 is 1.44 bits per heavy atom. The van der Waals surface area contributed by atoms with E-state index in [0.717, 1.165) is 0 Å². The third-order valence-electron chi connectivity index (χ3n) is 1.90. The van der Waals surface area contributed by atoms with Crippen LogP contribution in [-0.4, -0.2) is 23.2 Å². The van der Waals surface area contributed by atoms with Crippen LogP contribution in [0.2, 0.25) is 0 Å². The van der Waals surface area contributed by atoms with Crippen molar-refractivity contribution in [2.24, 2.45) is 5.73 Å². The van der Waals surface area contributed by atoms with Gasteiger partial charge in [-0.2, -0.15) is 0 Å². The Morgan fingerprint density at radius 3 is 2.44 bits per heavy atom. The Morgan fingerprint density at radius 2 is 2.00 bits per heavy atom. The zero-order valence-corrected chi connectivity index (χ0v) is 10.2. The average molecular weight is 253 g/mol. The van der Waals surface area contributed by atoms with Crippen LogP contribution in [0.4, 0.5) is 16.2 Å². The summed E-state index contributed by atoms with van der Waals surface area (Å²) in [6.45, 7) is 3.53. The molecule has 0 saturated heterocycles.